The highest BCUT2D eigenvalue weighted by atomic mass is 127. The number of hydrogen-bond acceptors (Lipinski definition) is 5. The number of nitrogens with zero attached hydrogens (tertiary/aromatic N) is 5. The zero-order chi connectivity index (χ0) is 26.1. The summed E-state index contributed by atoms with van der Waals surface area (Å²) in [4.78, 5) is 53.2. The van der Waals surface area contributed by atoms with Gasteiger partial charge in [-0.05, 0) is 84.5 Å². The maximum absolute atomic E-state index is 13.3. The number of pyridine rings is 2. The molecule has 0 unspecified atom stereocenters. The van der Waals surface area contributed by atoms with Crippen LogP contribution in [0.25, 0.3) is 22.3 Å². The molecule has 1 aliphatic rings. The molecule has 0 saturated heterocycles. The lowest BCUT2D eigenvalue weighted by Crippen LogP contribution is -2.39. The maximum atomic E-state index is 13.3. The predicted molar refractivity (Wildman–Crippen MR) is 152 cm³/mol. The van der Waals surface area contributed by atoms with E-state index in [1.165, 1.54) is 4.57 Å². The second kappa shape index (κ2) is 10.6. The summed E-state index contributed by atoms with van der Waals surface area (Å²) >= 11 is 2.12. The van der Waals surface area contributed by atoms with E-state index in [1.807, 2.05) is 38.1 Å². The summed E-state index contributed by atoms with van der Waals surface area (Å²) < 4.78 is 3.80. The van der Waals surface area contributed by atoms with Crippen molar-refractivity contribution in [2.75, 3.05) is 11.4 Å². The molecule has 10 heteroatoms. The van der Waals surface area contributed by atoms with Crippen LogP contribution in [0.1, 0.15) is 49.9 Å². The summed E-state index contributed by atoms with van der Waals surface area (Å²) in [5.41, 5.74) is 2.42. The molecule has 1 fully saturated rings. The molecule has 0 aromatic carbocycles. The number of aryl methyl sites for hydroxylation is 1. The average molecular weight is 612 g/mol. The SMILES string of the molecule is CCCn1c(=O)c2[nH]c(-c3ccc(N(CC4CC4)C(=O)c4ccc(I)nc4)nc3)cc2n(CCC)c1=O. The van der Waals surface area contributed by atoms with E-state index in [9.17, 15) is 14.4 Å². The first-order valence-electron chi connectivity index (χ1n) is 12.7. The van der Waals surface area contributed by atoms with E-state index in [4.69, 9.17) is 0 Å². The Kier molecular flexibility index (Phi) is 7.27. The molecule has 0 bridgehead atoms. The zero-order valence-corrected chi connectivity index (χ0v) is 23.1. The Labute approximate surface area is 227 Å². The zero-order valence-electron chi connectivity index (χ0n) is 20.9. The second-order valence-electron chi connectivity index (χ2n) is 9.47. The van der Waals surface area contributed by atoms with Gasteiger partial charge < -0.3 is 4.98 Å². The van der Waals surface area contributed by atoms with Crippen molar-refractivity contribution in [2.24, 2.45) is 5.92 Å². The minimum atomic E-state index is -0.308. The van der Waals surface area contributed by atoms with E-state index in [2.05, 4.69) is 37.5 Å². The van der Waals surface area contributed by atoms with Crippen LogP contribution in [0.5, 0.6) is 0 Å². The standard InChI is InChI=1S/C27H29IN6O3/c1-3-11-32-21-13-20(31-24(21)26(36)33(12-4-2)27(32)37)18-8-10-23(30-14-18)34(16-17-5-6-17)25(35)19-7-9-22(28)29-15-19/h7-10,13-15,17,31H,3-6,11-12,16H2,1-2H3. The molecule has 1 saturated carbocycles. The Morgan fingerprint density at radius 1 is 1.05 bits per heavy atom. The van der Waals surface area contributed by atoms with Crippen LogP contribution in [0.2, 0.25) is 0 Å². The molecule has 4 heterocycles. The van der Waals surface area contributed by atoms with Crippen LogP contribution in [0.15, 0.2) is 52.3 Å². The Morgan fingerprint density at radius 2 is 1.81 bits per heavy atom. The third-order valence-corrected chi connectivity index (χ3v) is 7.23. The fourth-order valence-corrected chi connectivity index (χ4v) is 4.83. The van der Waals surface area contributed by atoms with Crippen molar-refractivity contribution in [3.8, 4) is 11.3 Å². The quantitative estimate of drug-likeness (QED) is 0.223. The Morgan fingerprint density at radius 3 is 2.43 bits per heavy atom. The van der Waals surface area contributed by atoms with Crippen molar-refractivity contribution >= 4 is 45.3 Å². The lowest BCUT2D eigenvalue weighted by Gasteiger charge is -2.22. The molecular weight excluding hydrogens is 583 g/mol. The van der Waals surface area contributed by atoms with Crippen molar-refractivity contribution in [3.05, 3.63) is 72.8 Å². The predicted octanol–water partition coefficient (Wildman–Crippen LogP) is 4.43. The highest BCUT2D eigenvalue weighted by molar-refractivity contribution is 14.1. The van der Waals surface area contributed by atoms with E-state index in [1.54, 1.807) is 27.9 Å². The van der Waals surface area contributed by atoms with E-state index in [-0.39, 0.29) is 17.2 Å². The van der Waals surface area contributed by atoms with Crippen LogP contribution in [0, 0.1) is 9.62 Å². The molecule has 1 amide bonds. The van der Waals surface area contributed by atoms with Gasteiger partial charge in [0.15, 0.2) is 0 Å². The van der Waals surface area contributed by atoms with Gasteiger partial charge in [0.25, 0.3) is 11.5 Å². The summed E-state index contributed by atoms with van der Waals surface area (Å²) in [6.07, 6.45) is 6.99. The van der Waals surface area contributed by atoms with Crippen LogP contribution >= 0.6 is 22.6 Å². The summed E-state index contributed by atoms with van der Waals surface area (Å²) in [7, 11) is 0. The van der Waals surface area contributed by atoms with Gasteiger partial charge in [0.2, 0.25) is 0 Å². The van der Waals surface area contributed by atoms with Gasteiger partial charge in [-0.25, -0.2) is 14.8 Å². The third-order valence-electron chi connectivity index (χ3n) is 6.60. The van der Waals surface area contributed by atoms with E-state index in [0.717, 1.165) is 28.5 Å². The van der Waals surface area contributed by atoms with Gasteiger partial charge in [-0.3, -0.25) is 23.6 Å². The van der Waals surface area contributed by atoms with Crippen LogP contribution < -0.4 is 16.1 Å². The third kappa shape index (κ3) is 5.11. The topological polar surface area (TPSA) is 106 Å². The summed E-state index contributed by atoms with van der Waals surface area (Å²) in [6.45, 7) is 5.47. The van der Waals surface area contributed by atoms with Gasteiger partial charge in [-0.2, -0.15) is 0 Å². The molecule has 9 nitrogen and oxygen atoms in total. The van der Waals surface area contributed by atoms with Crippen LogP contribution in [0.3, 0.4) is 0 Å². The number of amides is 1. The number of H-pyrrole nitrogens is 1. The second-order valence-corrected chi connectivity index (χ2v) is 10.6. The Balaban J connectivity index is 1.51. The normalized spacial score (nSPS) is 13.3. The number of halogens is 1. The maximum Gasteiger partial charge on any atom is 0.331 e. The van der Waals surface area contributed by atoms with Crippen molar-refractivity contribution in [1.82, 2.24) is 24.1 Å². The smallest absolute Gasteiger partial charge is 0.331 e. The fourth-order valence-electron chi connectivity index (χ4n) is 4.51. The fraction of sp³-hybridized carbons (Fsp3) is 0.370. The molecule has 192 valence electrons. The van der Waals surface area contributed by atoms with Crippen LogP contribution in [-0.2, 0) is 13.1 Å². The van der Waals surface area contributed by atoms with Gasteiger partial charge in [0.05, 0.1) is 11.1 Å². The molecular formula is C27H29IN6O3. The van der Waals surface area contributed by atoms with Gasteiger partial charge in [0, 0.05) is 43.3 Å². The molecule has 0 spiro atoms. The lowest BCUT2D eigenvalue weighted by molar-refractivity contribution is 0.0984. The minimum absolute atomic E-state index is 0.123. The summed E-state index contributed by atoms with van der Waals surface area (Å²) in [5, 5.41) is 0. The number of anilines is 1. The molecule has 0 aliphatic heterocycles. The number of rotatable bonds is 9. The first-order valence-corrected chi connectivity index (χ1v) is 13.7. The largest absolute Gasteiger partial charge is 0.349 e. The number of carbonyl (C=O) groups is 1. The molecule has 0 radical (unpaired) electrons. The van der Waals surface area contributed by atoms with E-state index >= 15 is 0 Å². The number of carbonyl (C=O) groups excluding carboxylic acids is 1. The van der Waals surface area contributed by atoms with E-state index in [0.29, 0.717) is 60.1 Å². The lowest BCUT2D eigenvalue weighted by atomic mass is 10.2. The Bertz CT molecular complexity index is 1550. The van der Waals surface area contributed by atoms with Crippen molar-refractivity contribution < 1.29 is 4.79 Å². The highest BCUT2D eigenvalue weighted by Gasteiger charge is 2.29. The summed E-state index contributed by atoms with van der Waals surface area (Å²) in [6, 6.07) is 9.17. The molecule has 1 N–H and O–H groups in total. The minimum Gasteiger partial charge on any atom is -0.349 e. The molecule has 4 aromatic heterocycles. The summed E-state index contributed by atoms with van der Waals surface area (Å²) in [5.74, 6) is 0.932. The molecule has 5 rings (SSSR count). The van der Waals surface area contributed by atoms with Crippen molar-refractivity contribution in [1.29, 1.82) is 0 Å². The van der Waals surface area contributed by atoms with Gasteiger partial charge in [-0.1, -0.05) is 13.8 Å². The number of hydrogen-bond donors (Lipinski definition) is 1. The van der Waals surface area contributed by atoms with Gasteiger partial charge in [0.1, 0.15) is 15.0 Å². The monoisotopic (exact) mass is 612 g/mol. The average Bonchev–Trinajstić information content (AvgIpc) is 3.63. The first-order chi connectivity index (χ1) is 17.9. The van der Waals surface area contributed by atoms with Gasteiger partial charge in [-0.15, -0.1) is 0 Å². The number of aromatic amines is 1. The number of aromatic nitrogens is 5. The molecule has 37 heavy (non-hydrogen) atoms. The highest BCUT2D eigenvalue weighted by Crippen LogP contribution is 2.32. The number of nitrogens with one attached hydrogen (secondary N) is 1. The molecule has 1 aliphatic carbocycles. The van der Waals surface area contributed by atoms with Gasteiger partial charge >= 0.3 is 5.69 Å². The number of fused-ring (bicyclic) bond motifs is 1. The first kappa shape index (κ1) is 25.4. The van der Waals surface area contributed by atoms with Crippen molar-refractivity contribution in [3.63, 3.8) is 0 Å². The van der Waals surface area contributed by atoms with Crippen LogP contribution in [0.4, 0.5) is 5.82 Å². The molecule has 4 aromatic rings. The van der Waals surface area contributed by atoms with Crippen molar-refractivity contribution in [2.45, 2.75) is 52.6 Å². The molecule has 0 atom stereocenters. The van der Waals surface area contributed by atoms with Crippen LogP contribution in [-0.4, -0.2) is 36.5 Å². The van der Waals surface area contributed by atoms with E-state index < -0.39 is 0 Å². The Hall–Kier alpha value is -3.28.